The van der Waals surface area contributed by atoms with Crippen molar-refractivity contribution in [3.05, 3.63) is 48.6 Å². The van der Waals surface area contributed by atoms with Crippen LogP contribution in [0.4, 0.5) is 0 Å². The Morgan fingerprint density at radius 3 is 1.38 bits per heavy atom. The number of amides is 1. The van der Waals surface area contributed by atoms with Crippen molar-refractivity contribution in [1.29, 1.82) is 0 Å². The molecule has 0 aromatic heterocycles. The first-order valence-corrected chi connectivity index (χ1v) is 30.4. The van der Waals surface area contributed by atoms with Crippen molar-refractivity contribution < 1.29 is 37.3 Å². The molecule has 0 saturated carbocycles. The Labute approximate surface area is 427 Å². The molecule has 1 N–H and O–H groups in total. The highest BCUT2D eigenvalue weighted by Crippen LogP contribution is 2.38. The van der Waals surface area contributed by atoms with E-state index in [0.29, 0.717) is 17.4 Å². The van der Waals surface area contributed by atoms with Gasteiger partial charge < -0.3 is 28.5 Å². The number of phosphoric acid groups is 1. The van der Waals surface area contributed by atoms with Crippen molar-refractivity contribution in [2.24, 2.45) is 0 Å². The number of quaternary nitrogens is 1. The summed E-state index contributed by atoms with van der Waals surface area (Å²) < 4.78 is 30.2. The average Bonchev–Trinajstić information content (AvgIpc) is 3.31. The second-order valence-electron chi connectivity index (χ2n) is 20.8. The van der Waals surface area contributed by atoms with E-state index < -0.39 is 20.0 Å². The molecule has 69 heavy (non-hydrogen) atoms. The van der Waals surface area contributed by atoms with Gasteiger partial charge >= 0.3 is 5.97 Å². The first-order chi connectivity index (χ1) is 33.4. The lowest BCUT2D eigenvalue weighted by molar-refractivity contribution is -0.870. The van der Waals surface area contributed by atoms with Crippen LogP contribution in [-0.4, -0.2) is 69.4 Å². The highest BCUT2D eigenvalue weighted by molar-refractivity contribution is 7.45. The van der Waals surface area contributed by atoms with Crippen LogP contribution >= 0.6 is 7.82 Å². The van der Waals surface area contributed by atoms with Crippen LogP contribution < -0.4 is 10.2 Å². The molecule has 0 rings (SSSR count). The van der Waals surface area contributed by atoms with Crippen LogP contribution in [0.5, 0.6) is 0 Å². The average molecular weight is 992 g/mol. The van der Waals surface area contributed by atoms with E-state index in [2.05, 4.69) is 62.5 Å². The highest BCUT2D eigenvalue weighted by atomic mass is 31.2. The molecule has 0 bridgehead atoms. The maximum Gasteiger partial charge on any atom is 0.306 e. The third kappa shape index (κ3) is 50.7. The zero-order valence-corrected chi connectivity index (χ0v) is 46.9. The van der Waals surface area contributed by atoms with Crippen molar-refractivity contribution in [1.82, 2.24) is 5.32 Å². The molecule has 1 amide bonds. The molecule has 0 aliphatic carbocycles. The van der Waals surface area contributed by atoms with Crippen LogP contribution in [0.3, 0.4) is 0 Å². The Kier molecular flexibility index (Phi) is 48.1. The van der Waals surface area contributed by atoms with Gasteiger partial charge in [0, 0.05) is 12.8 Å². The summed E-state index contributed by atoms with van der Waals surface area (Å²) in [6, 6.07) is -0.889. The summed E-state index contributed by atoms with van der Waals surface area (Å²) in [5.74, 6) is -0.548. The number of hydrogen-bond donors (Lipinski definition) is 1. The molecule has 404 valence electrons. The molecule has 0 aliphatic rings. The predicted molar refractivity (Wildman–Crippen MR) is 293 cm³/mol. The fourth-order valence-corrected chi connectivity index (χ4v) is 9.07. The number of unbranched alkanes of at least 4 members (excludes halogenated alkanes) is 32. The third-order valence-electron chi connectivity index (χ3n) is 12.8. The molecule has 0 saturated heterocycles. The van der Waals surface area contributed by atoms with Gasteiger partial charge in [0.2, 0.25) is 5.91 Å². The molecule has 0 aromatic rings. The van der Waals surface area contributed by atoms with Crippen molar-refractivity contribution in [3.8, 4) is 0 Å². The zero-order chi connectivity index (χ0) is 50.8. The lowest BCUT2D eigenvalue weighted by Crippen LogP contribution is -2.47. The zero-order valence-electron chi connectivity index (χ0n) is 46.0. The van der Waals surface area contributed by atoms with Gasteiger partial charge in [0.05, 0.1) is 33.8 Å². The smallest absolute Gasteiger partial charge is 0.306 e. The van der Waals surface area contributed by atoms with Gasteiger partial charge in [-0.15, -0.1) is 0 Å². The summed E-state index contributed by atoms with van der Waals surface area (Å²) in [6.07, 6.45) is 59.3. The van der Waals surface area contributed by atoms with E-state index in [1.54, 1.807) is 0 Å². The number of likely N-dealkylation sites (N-methyl/N-ethyl adjacent to an activating group) is 1. The lowest BCUT2D eigenvalue weighted by Gasteiger charge is -2.30. The molecule has 3 unspecified atom stereocenters. The van der Waals surface area contributed by atoms with E-state index in [1.165, 1.54) is 154 Å². The first kappa shape index (κ1) is 67.0. The summed E-state index contributed by atoms with van der Waals surface area (Å²) in [6.45, 7) is 6.71. The van der Waals surface area contributed by atoms with Gasteiger partial charge in [0.1, 0.15) is 19.3 Å². The molecule has 10 heteroatoms. The minimum absolute atomic E-state index is 0.0236. The van der Waals surface area contributed by atoms with Gasteiger partial charge in [-0.05, 0) is 51.0 Å². The van der Waals surface area contributed by atoms with Crippen LogP contribution in [0.2, 0.25) is 0 Å². The highest BCUT2D eigenvalue weighted by Gasteiger charge is 2.27. The number of nitrogens with one attached hydrogen (secondary N) is 1. The van der Waals surface area contributed by atoms with E-state index in [4.69, 9.17) is 13.8 Å². The topological polar surface area (TPSA) is 114 Å². The van der Waals surface area contributed by atoms with E-state index in [1.807, 2.05) is 33.3 Å². The lowest BCUT2D eigenvalue weighted by atomic mass is 10.0. The summed E-state index contributed by atoms with van der Waals surface area (Å²) >= 11 is 0. The quantitative estimate of drug-likeness (QED) is 0.0161. The van der Waals surface area contributed by atoms with Gasteiger partial charge in [-0.2, -0.15) is 0 Å². The summed E-state index contributed by atoms with van der Waals surface area (Å²) in [7, 11) is 1.18. The first-order valence-electron chi connectivity index (χ1n) is 29.0. The summed E-state index contributed by atoms with van der Waals surface area (Å²) in [5, 5.41) is 3.02. The summed E-state index contributed by atoms with van der Waals surface area (Å²) in [4.78, 5) is 39.8. The molecular formula is C59H111N2O7P. The number of rotatable bonds is 52. The predicted octanol–water partition coefficient (Wildman–Crippen LogP) is 16.7. The van der Waals surface area contributed by atoms with E-state index in [9.17, 15) is 19.0 Å². The number of nitrogens with zero attached hydrogens (tertiary/aromatic N) is 1. The number of carbonyl (C=O) groups is 2. The van der Waals surface area contributed by atoms with Crippen molar-refractivity contribution in [2.45, 2.75) is 277 Å². The molecule has 3 atom stereocenters. The van der Waals surface area contributed by atoms with E-state index in [-0.39, 0.29) is 31.5 Å². The summed E-state index contributed by atoms with van der Waals surface area (Å²) in [5.41, 5.74) is 0. The Balaban J connectivity index is 5.29. The molecule has 0 spiro atoms. The maximum absolute atomic E-state index is 13.5. The third-order valence-corrected chi connectivity index (χ3v) is 13.8. The molecule has 0 heterocycles. The van der Waals surface area contributed by atoms with Gasteiger partial charge in [-0.1, -0.05) is 250 Å². The minimum Gasteiger partial charge on any atom is -0.756 e. The Hall–Kier alpha value is -2.03. The second kappa shape index (κ2) is 49.5. The fourth-order valence-electron chi connectivity index (χ4n) is 8.35. The molecule has 0 aliphatic heterocycles. The molecule has 0 fully saturated rings. The van der Waals surface area contributed by atoms with Crippen LogP contribution in [-0.2, 0) is 27.9 Å². The van der Waals surface area contributed by atoms with Crippen molar-refractivity contribution in [3.63, 3.8) is 0 Å². The van der Waals surface area contributed by atoms with Gasteiger partial charge in [-0.3, -0.25) is 14.2 Å². The normalized spacial score (nSPS) is 14.1. The monoisotopic (exact) mass is 991 g/mol. The van der Waals surface area contributed by atoms with Gasteiger partial charge in [0.15, 0.2) is 0 Å². The van der Waals surface area contributed by atoms with Crippen LogP contribution in [0, 0.1) is 0 Å². The molecule has 0 aromatic carbocycles. The van der Waals surface area contributed by atoms with E-state index in [0.717, 1.165) is 77.0 Å². The minimum atomic E-state index is -4.69. The molecule has 9 nitrogen and oxygen atoms in total. The van der Waals surface area contributed by atoms with Crippen LogP contribution in [0.15, 0.2) is 48.6 Å². The standard InChI is InChI=1S/C59H111N2O7P/c1-7-10-13-16-19-22-25-27-29-30-32-33-36-39-42-45-48-51-58(62)60-56(55-67-69(64,65)66-54-53-61(4,5)6)57(50-47-44-41-38-35-24-21-18-15-12-9-3)68-59(63)52-49-46-43-40-37-34-31-28-26-23-20-17-14-11-8-2/h11,14,17,20,23,26,47,50,56-57H,7-10,12-13,15-16,18-19,21-22,24-25,27-46,48-49,51-55H2,1-6H3,(H-,60,62,64,65)/b14-11+,20-17+,26-23+,50-47+. The fraction of sp³-hybridized carbons (Fsp3) is 0.831. The molecular weight excluding hydrogens is 880 g/mol. The number of phosphoric ester groups is 1. The maximum atomic E-state index is 13.5. The SMILES string of the molecule is CC/C=C/C=C/C=C/CCCCCCCCCC(=O)OC(/C=C/CCCCCCCCCCC)C(COP(=O)([O-])OCC[N+](C)(C)C)NC(=O)CCCCCCCCCCCCCCCCCCC. The van der Waals surface area contributed by atoms with Gasteiger partial charge in [0.25, 0.3) is 7.82 Å². The number of ether oxygens (including phenoxy) is 1. The Morgan fingerprint density at radius 2 is 0.928 bits per heavy atom. The number of carbonyl (C=O) groups excluding carboxylic acids is 2. The number of esters is 1. The second-order valence-corrected chi connectivity index (χ2v) is 22.2. The number of allylic oxidation sites excluding steroid dienone is 7. The Morgan fingerprint density at radius 1 is 0.522 bits per heavy atom. The molecule has 0 radical (unpaired) electrons. The van der Waals surface area contributed by atoms with Crippen LogP contribution in [0.25, 0.3) is 0 Å². The number of hydrogen-bond acceptors (Lipinski definition) is 7. The van der Waals surface area contributed by atoms with Crippen molar-refractivity contribution in [2.75, 3.05) is 40.9 Å². The Bertz CT molecular complexity index is 1330. The van der Waals surface area contributed by atoms with E-state index >= 15 is 0 Å². The largest absolute Gasteiger partial charge is 0.756 e. The van der Waals surface area contributed by atoms with Crippen LogP contribution in [0.1, 0.15) is 265 Å². The van der Waals surface area contributed by atoms with Gasteiger partial charge in [-0.25, -0.2) is 0 Å². The van der Waals surface area contributed by atoms with Crippen molar-refractivity contribution >= 4 is 19.7 Å².